The third-order valence-electron chi connectivity index (χ3n) is 6.52. The van der Waals surface area contributed by atoms with E-state index in [4.69, 9.17) is 0 Å². The van der Waals surface area contributed by atoms with Gasteiger partial charge in [0.15, 0.2) is 0 Å². The SMILES string of the molecule is CCCCCCCCCc1cc2ccc(S(=O)(=O)[O-])cc2cc1CCCCCCCCC.[K+]. The average Bonchev–Trinajstić information content (AvgIpc) is 2.76. The maximum absolute atomic E-state index is 11.5. The number of fused-ring (bicyclic) bond motifs is 1. The largest absolute Gasteiger partial charge is 1.00 e. The van der Waals surface area contributed by atoms with Gasteiger partial charge in [-0.3, -0.25) is 0 Å². The van der Waals surface area contributed by atoms with Crippen molar-refractivity contribution < 1.29 is 64.4 Å². The van der Waals surface area contributed by atoms with Gasteiger partial charge in [0.1, 0.15) is 10.1 Å². The average molecular weight is 499 g/mol. The van der Waals surface area contributed by atoms with E-state index < -0.39 is 10.1 Å². The van der Waals surface area contributed by atoms with E-state index in [0.717, 1.165) is 23.6 Å². The normalized spacial score (nSPS) is 11.6. The Labute approximate surface area is 245 Å². The number of hydrogen-bond donors (Lipinski definition) is 0. The fourth-order valence-electron chi connectivity index (χ4n) is 4.54. The Kier molecular flexibility index (Phi) is 16.7. The molecule has 33 heavy (non-hydrogen) atoms. The van der Waals surface area contributed by atoms with Crippen molar-refractivity contribution in [1.82, 2.24) is 0 Å². The molecule has 0 unspecified atom stereocenters. The molecule has 0 amide bonds. The zero-order chi connectivity index (χ0) is 23.2. The number of hydrogen-bond acceptors (Lipinski definition) is 3. The summed E-state index contributed by atoms with van der Waals surface area (Å²) in [6.45, 7) is 4.50. The Morgan fingerprint density at radius 1 is 0.606 bits per heavy atom. The topological polar surface area (TPSA) is 57.2 Å². The van der Waals surface area contributed by atoms with Crippen LogP contribution < -0.4 is 51.4 Å². The van der Waals surface area contributed by atoms with E-state index in [0.29, 0.717) is 0 Å². The minimum atomic E-state index is -4.43. The quantitative estimate of drug-likeness (QED) is 0.168. The van der Waals surface area contributed by atoms with Gasteiger partial charge in [-0.2, -0.15) is 0 Å². The Hall–Kier alpha value is 0.246. The van der Waals surface area contributed by atoms with Crippen LogP contribution in [0.25, 0.3) is 10.8 Å². The smallest absolute Gasteiger partial charge is 0.744 e. The molecule has 0 aromatic heterocycles. The summed E-state index contributed by atoms with van der Waals surface area (Å²) in [7, 11) is -4.43. The van der Waals surface area contributed by atoms with E-state index in [9.17, 15) is 13.0 Å². The van der Waals surface area contributed by atoms with E-state index in [-0.39, 0.29) is 56.3 Å². The van der Waals surface area contributed by atoms with E-state index in [2.05, 4.69) is 26.0 Å². The van der Waals surface area contributed by atoms with Crippen molar-refractivity contribution >= 4 is 20.9 Å². The molecular formula is C28H43KO3S. The summed E-state index contributed by atoms with van der Waals surface area (Å²) in [4.78, 5) is -0.133. The van der Waals surface area contributed by atoms with Crippen LogP contribution in [-0.2, 0) is 23.0 Å². The number of unbranched alkanes of at least 4 members (excludes halogenated alkanes) is 12. The van der Waals surface area contributed by atoms with Crippen LogP contribution in [0.1, 0.15) is 115 Å². The molecule has 2 aromatic carbocycles. The molecule has 2 aromatic rings. The summed E-state index contributed by atoms with van der Waals surface area (Å²) in [6, 6.07) is 9.13. The summed E-state index contributed by atoms with van der Waals surface area (Å²) in [5.41, 5.74) is 2.73. The van der Waals surface area contributed by atoms with E-state index >= 15 is 0 Å². The molecule has 5 heteroatoms. The summed E-state index contributed by atoms with van der Waals surface area (Å²) >= 11 is 0. The van der Waals surface area contributed by atoms with Crippen molar-refractivity contribution in [2.24, 2.45) is 0 Å². The van der Waals surface area contributed by atoms with Crippen LogP contribution in [0, 0.1) is 0 Å². The molecule has 0 spiro atoms. The van der Waals surface area contributed by atoms with Gasteiger partial charge in [-0.05, 0) is 59.7 Å². The predicted octanol–water partition coefficient (Wildman–Crippen LogP) is 5.33. The Morgan fingerprint density at radius 2 is 1.03 bits per heavy atom. The van der Waals surface area contributed by atoms with Crippen molar-refractivity contribution in [2.75, 3.05) is 0 Å². The Morgan fingerprint density at radius 3 is 1.48 bits per heavy atom. The molecule has 0 radical (unpaired) electrons. The molecule has 2 rings (SSSR count). The Bertz CT molecular complexity index is 909. The van der Waals surface area contributed by atoms with Gasteiger partial charge in [-0.1, -0.05) is 109 Å². The van der Waals surface area contributed by atoms with Crippen molar-refractivity contribution in [3.05, 3.63) is 41.5 Å². The van der Waals surface area contributed by atoms with E-state index in [1.807, 2.05) is 0 Å². The first-order valence-electron chi connectivity index (χ1n) is 13.0. The van der Waals surface area contributed by atoms with Crippen LogP contribution in [0.5, 0.6) is 0 Å². The second-order valence-electron chi connectivity index (χ2n) is 9.33. The molecule has 0 saturated heterocycles. The molecule has 0 aliphatic rings. The molecule has 0 atom stereocenters. The zero-order valence-electron chi connectivity index (χ0n) is 21.3. The van der Waals surface area contributed by atoms with Gasteiger partial charge in [-0.15, -0.1) is 0 Å². The van der Waals surface area contributed by atoms with Gasteiger partial charge in [0.25, 0.3) is 0 Å². The first kappa shape index (κ1) is 31.3. The van der Waals surface area contributed by atoms with Crippen LogP contribution in [-0.4, -0.2) is 13.0 Å². The van der Waals surface area contributed by atoms with Crippen LogP contribution in [0.2, 0.25) is 0 Å². The molecule has 0 aliphatic carbocycles. The third-order valence-corrected chi connectivity index (χ3v) is 7.35. The van der Waals surface area contributed by atoms with Gasteiger partial charge < -0.3 is 4.55 Å². The molecule has 180 valence electrons. The third kappa shape index (κ3) is 12.2. The van der Waals surface area contributed by atoms with Crippen LogP contribution in [0.3, 0.4) is 0 Å². The fraction of sp³-hybridized carbons (Fsp3) is 0.643. The number of benzene rings is 2. The van der Waals surface area contributed by atoms with Crippen LogP contribution in [0.15, 0.2) is 35.2 Å². The van der Waals surface area contributed by atoms with Crippen molar-refractivity contribution in [1.29, 1.82) is 0 Å². The molecule has 3 nitrogen and oxygen atoms in total. The summed E-state index contributed by atoms with van der Waals surface area (Å²) in [6.07, 6.45) is 20.2. The van der Waals surface area contributed by atoms with Crippen LogP contribution >= 0.6 is 0 Å². The predicted molar refractivity (Wildman–Crippen MR) is 135 cm³/mol. The van der Waals surface area contributed by atoms with Gasteiger partial charge in [-0.25, -0.2) is 8.42 Å². The monoisotopic (exact) mass is 498 g/mol. The Balaban J connectivity index is 0.00000544. The summed E-state index contributed by atoms with van der Waals surface area (Å²) in [5.74, 6) is 0. The molecule has 0 aliphatic heterocycles. The van der Waals surface area contributed by atoms with Crippen molar-refractivity contribution in [3.63, 3.8) is 0 Å². The van der Waals surface area contributed by atoms with E-state index in [1.165, 1.54) is 107 Å². The second-order valence-corrected chi connectivity index (χ2v) is 10.7. The number of aryl methyl sites for hydroxylation is 2. The second kappa shape index (κ2) is 17.6. The maximum atomic E-state index is 11.5. The van der Waals surface area contributed by atoms with Gasteiger partial charge in [0.05, 0.1) is 4.90 Å². The molecule has 0 fully saturated rings. The van der Waals surface area contributed by atoms with Gasteiger partial charge in [0, 0.05) is 0 Å². The van der Waals surface area contributed by atoms with Crippen molar-refractivity contribution in [3.8, 4) is 0 Å². The van der Waals surface area contributed by atoms with Crippen molar-refractivity contribution in [2.45, 2.75) is 121 Å². The van der Waals surface area contributed by atoms with Crippen LogP contribution in [0.4, 0.5) is 0 Å². The summed E-state index contributed by atoms with van der Waals surface area (Å²) in [5, 5.41) is 1.89. The molecule has 0 N–H and O–H groups in total. The fourth-order valence-corrected chi connectivity index (χ4v) is 5.04. The first-order chi connectivity index (χ1) is 15.5. The molecule has 0 saturated carbocycles. The standard InChI is InChI=1S/C28H44O3S.K/c1-3-5-7-9-11-13-15-17-24-21-26-19-20-28(32(29,30)31)23-27(26)22-25(24)18-16-14-12-10-8-6-4-2;/h19-23H,3-18H2,1-2H3,(H,29,30,31);/q;+1/p-1. The molecular weight excluding hydrogens is 455 g/mol. The summed E-state index contributed by atoms with van der Waals surface area (Å²) < 4.78 is 34.4. The van der Waals surface area contributed by atoms with E-state index in [1.54, 1.807) is 12.1 Å². The first-order valence-corrected chi connectivity index (χ1v) is 14.4. The minimum Gasteiger partial charge on any atom is -0.744 e. The maximum Gasteiger partial charge on any atom is 1.00 e. The zero-order valence-corrected chi connectivity index (χ0v) is 25.3. The molecule has 0 bridgehead atoms. The minimum absolute atomic E-state index is 0. The molecule has 0 heterocycles. The van der Waals surface area contributed by atoms with Gasteiger partial charge in [0.2, 0.25) is 0 Å². The van der Waals surface area contributed by atoms with Gasteiger partial charge >= 0.3 is 51.4 Å². The number of rotatable bonds is 17.